The lowest BCUT2D eigenvalue weighted by atomic mass is 10.2. The molecule has 0 bridgehead atoms. The lowest BCUT2D eigenvalue weighted by Gasteiger charge is -2.23. The van der Waals surface area contributed by atoms with Gasteiger partial charge in [-0.3, -0.25) is 0 Å². The van der Waals surface area contributed by atoms with Gasteiger partial charge in [0.05, 0.1) is 11.4 Å². The molecule has 21 heavy (non-hydrogen) atoms. The van der Waals surface area contributed by atoms with Gasteiger partial charge in [-0.25, -0.2) is 0 Å². The average Bonchev–Trinajstić information content (AvgIpc) is 2.56. The Labute approximate surface area is 125 Å². The number of hydrogen-bond donors (Lipinski definition) is 1. The summed E-state index contributed by atoms with van der Waals surface area (Å²) in [6.45, 7) is 0. The van der Waals surface area contributed by atoms with Crippen LogP contribution >= 0.6 is 0 Å². The van der Waals surface area contributed by atoms with Crippen LogP contribution in [-0.4, -0.2) is 7.05 Å². The van der Waals surface area contributed by atoms with Crippen LogP contribution in [0.3, 0.4) is 0 Å². The first-order valence-corrected chi connectivity index (χ1v) is 7.04. The minimum Gasteiger partial charge on any atom is -0.354 e. The summed E-state index contributed by atoms with van der Waals surface area (Å²) in [5.74, 6) is 0. The maximum absolute atomic E-state index is 3.48. The summed E-state index contributed by atoms with van der Waals surface area (Å²) < 4.78 is 0. The number of rotatable bonds is 4. The fourth-order valence-corrected chi connectivity index (χ4v) is 2.34. The molecule has 0 aliphatic rings. The molecule has 3 rings (SSSR count). The average molecular weight is 274 g/mol. The molecule has 0 saturated carbocycles. The number of nitrogens with zero attached hydrogens (tertiary/aromatic N) is 1. The van der Waals surface area contributed by atoms with Crippen LogP contribution in [-0.2, 0) is 0 Å². The zero-order valence-corrected chi connectivity index (χ0v) is 12.0. The normalized spacial score (nSPS) is 10.1. The van der Waals surface area contributed by atoms with Crippen LogP contribution in [0.15, 0.2) is 84.9 Å². The van der Waals surface area contributed by atoms with Gasteiger partial charge in [-0.2, -0.15) is 0 Å². The van der Waals surface area contributed by atoms with Crippen LogP contribution in [0.4, 0.5) is 22.7 Å². The third-order valence-electron chi connectivity index (χ3n) is 3.46. The Morgan fingerprint density at radius 3 is 1.95 bits per heavy atom. The lowest BCUT2D eigenvalue weighted by Crippen LogP contribution is -2.11. The number of nitrogens with one attached hydrogen (secondary N) is 1. The summed E-state index contributed by atoms with van der Waals surface area (Å²) >= 11 is 0. The molecule has 0 aliphatic carbocycles. The van der Waals surface area contributed by atoms with E-state index in [2.05, 4.69) is 71.9 Å². The van der Waals surface area contributed by atoms with E-state index < -0.39 is 0 Å². The molecule has 3 aromatic rings. The van der Waals surface area contributed by atoms with Gasteiger partial charge in [-0.05, 0) is 36.4 Å². The summed E-state index contributed by atoms with van der Waals surface area (Å²) in [6.07, 6.45) is 0. The Kier molecular flexibility index (Phi) is 3.88. The van der Waals surface area contributed by atoms with Gasteiger partial charge in [0.1, 0.15) is 0 Å². The number of hydrogen-bond acceptors (Lipinski definition) is 2. The second kappa shape index (κ2) is 6.14. The number of para-hydroxylation sites is 4. The number of benzene rings is 3. The van der Waals surface area contributed by atoms with E-state index >= 15 is 0 Å². The maximum atomic E-state index is 3.48. The van der Waals surface area contributed by atoms with Crippen molar-refractivity contribution < 1.29 is 0 Å². The Balaban J connectivity index is 1.93. The van der Waals surface area contributed by atoms with Gasteiger partial charge in [-0.1, -0.05) is 48.5 Å². The molecule has 2 heteroatoms. The Morgan fingerprint density at radius 1 is 0.667 bits per heavy atom. The zero-order valence-electron chi connectivity index (χ0n) is 12.0. The Hall–Kier alpha value is -2.74. The minimum atomic E-state index is 1.09. The van der Waals surface area contributed by atoms with E-state index in [4.69, 9.17) is 0 Å². The molecule has 104 valence electrons. The summed E-state index contributed by atoms with van der Waals surface area (Å²) in [5, 5.41) is 3.48. The zero-order chi connectivity index (χ0) is 14.5. The molecule has 0 radical (unpaired) electrons. The Morgan fingerprint density at radius 2 is 1.24 bits per heavy atom. The maximum Gasteiger partial charge on any atom is 0.0647 e. The van der Waals surface area contributed by atoms with Crippen molar-refractivity contribution in [1.82, 2.24) is 0 Å². The SMILES string of the molecule is CN(c1ccccc1)c1ccccc1Nc1ccccc1. The summed E-state index contributed by atoms with van der Waals surface area (Å²) in [7, 11) is 2.08. The fourth-order valence-electron chi connectivity index (χ4n) is 2.34. The molecule has 0 amide bonds. The van der Waals surface area contributed by atoms with Gasteiger partial charge < -0.3 is 10.2 Å². The topological polar surface area (TPSA) is 15.3 Å². The monoisotopic (exact) mass is 274 g/mol. The van der Waals surface area contributed by atoms with Gasteiger partial charge in [0, 0.05) is 18.4 Å². The first kappa shape index (κ1) is 13.3. The van der Waals surface area contributed by atoms with Gasteiger partial charge in [-0.15, -0.1) is 0 Å². The Bertz CT molecular complexity index is 693. The molecular formula is C19H18N2. The molecule has 2 nitrogen and oxygen atoms in total. The summed E-state index contributed by atoms with van der Waals surface area (Å²) in [6, 6.07) is 28.9. The van der Waals surface area contributed by atoms with E-state index in [1.807, 2.05) is 30.3 Å². The second-order valence-electron chi connectivity index (χ2n) is 4.90. The standard InChI is InChI=1S/C19H18N2/c1-21(17-12-6-3-7-13-17)19-15-9-8-14-18(19)20-16-10-4-2-5-11-16/h2-15,20H,1H3. The quantitative estimate of drug-likeness (QED) is 0.703. The summed E-state index contributed by atoms with van der Waals surface area (Å²) in [4.78, 5) is 2.19. The highest BCUT2D eigenvalue weighted by atomic mass is 15.1. The minimum absolute atomic E-state index is 1.09. The van der Waals surface area contributed by atoms with E-state index in [0.717, 1.165) is 17.1 Å². The van der Waals surface area contributed by atoms with Crippen molar-refractivity contribution >= 4 is 22.7 Å². The number of anilines is 4. The highest BCUT2D eigenvalue weighted by Crippen LogP contribution is 2.32. The third kappa shape index (κ3) is 3.06. The third-order valence-corrected chi connectivity index (χ3v) is 3.46. The molecule has 0 unspecified atom stereocenters. The van der Waals surface area contributed by atoms with E-state index in [0.29, 0.717) is 0 Å². The smallest absolute Gasteiger partial charge is 0.0647 e. The van der Waals surface area contributed by atoms with E-state index in [1.54, 1.807) is 0 Å². The highest BCUT2D eigenvalue weighted by Gasteiger charge is 2.08. The van der Waals surface area contributed by atoms with Gasteiger partial charge in [0.15, 0.2) is 0 Å². The van der Waals surface area contributed by atoms with E-state index in [9.17, 15) is 0 Å². The van der Waals surface area contributed by atoms with E-state index in [1.165, 1.54) is 5.69 Å². The van der Waals surface area contributed by atoms with Crippen molar-refractivity contribution in [3.8, 4) is 0 Å². The molecule has 0 atom stereocenters. The molecular weight excluding hydrogens is 256 g/mol. The van der Waals surface area contributed by atoms with Crippen LogP contribution in [0.5, 0.6) is 0 Å². The fraction of sp³-hybridized carbons (Fsp3) is 0.0526. The molecule has 1 N–H and O–H groups in total. The molecule has 0 aromatic heterocycles. The summed E-state index contributed by atoms with van der Waals surface area (Å²) in [5.41, 5.74) is 4.49. The van der Waals surface area contributed by atoms with Gasteiger partial charge in [0.2, 0.25) is 0 Å². The van der Waals surface area contributed by atoms with Crippen molar-refractivity contribution in [3.63, 3.8) is 0 Å². The molecule has 0 fully saturated rings. The van der Waals surface area contributed by atoms with Gasteiger partial charge >= 0.3 is 0 Å². The van der Waals surface area contributed by atoms with Crippen molar-refractivity contribution in [1.29, 1.82) is 0 Å². The van der Waals surface area contributed by atoms with Crippen LogP contribution in [0, 0.1) is 0 Å². The molecule has 3 aromatic carbocycles. The predicted octanol–water partition coefficient (Wildman–Crippen LogP) is 5.20. The van der Waals surface area contributed by atoms with Crippen LogP contribution in [0.2, 0.25) is 0 Å². The first-order chi connectivity index (χ1) is 10.3. The predicted molar refractivity (Wildman–Crippen MR) is 90.7 cm³/mol. The molecule has 0 spiro atoms. The van der Waals surface area contributed by atoms with Crippen LogP contribution in [0.1, 0.15) is 0 Å². The van der Waals surface area contributed by atoms with Crippen LogP contribution < -0.4 is 10.2 Å². The molecule has 0 aliphatic heterocycles. The largest absolute Gasteiger partial charge is 0.354 e. The van der Waals surface area contributed by atoms with E-state index in [-0.39, 0.29) is 0 Å². The van der Waals surface area contributed by atoms with Gasteiger partial charge in [0.25, 0.3) is 0 Å². The lowest BCUT2D eigenvalue weighted by molar-refractivity contribution is 1.21. The van der Waals surface area contributed by atoms with Crippen LogP contribution in [0.25, 0.3) is 0 Å². The van der Waals surface area contributed by atoms with Crippen molar-refractivity contribution in [2.75, 3.05) is 17.3 Å². The molecule has 0 saturated heterocycles. The molecule has 0 heterocycles. The van der Waals surface area contributed by atoms with Crippen molar-refractivity contribution in [2.24, 2.45) is 0 Å². The second-order valence-corrected chi connectivity index (χ2v) is 4.90. The van der Waals surface area contributed by atoms with Crippen molar-refractivity contribution in [2.45, 2.75) is 0 Å². The highest BCUT2D eigenvalue weighted by molar-refractivity contribution is 5.79. The van der Waals surface area contributed by atoms with Crippen molar-refractivity contribution in [3.05, 3.63) is 84.9 Å². The first-order valence-electron chi connectivity index (χ1n) is 7.04.